The van der Waals surface area contributed by atoms with E-state index in [0.29, 0.717) is 19.8 Å². The van der Waals surface area contributed by atoms with E-state index >= 15 is 0 Å². The molecule has 0 aromatic heterocycles. The van der Waals surface area contributed by atoms with Crippen molar-refractivity contribution in [3.63, 3.8) is 0 Å². The minimum absolute atomic E-state index is 0.0314. The highest BCUT2D eigenvalue weighted by Crippen LogP contribution is 2.20. The van der Waals surface area contributed by atoms with Gasteiger partial charge in [-0.15, -0.1) is 0 Å². The van der Waals surface area contributed by atoms with Gasteiger partial charge in [0, 0.05) is 32.7 Å². The molecule has 0 aromatic carbocycles. The Morgan fingerprint density at radius 1 is 0.889 bits per heavy atom. The van der Waals surface area contributed by atoms with Crippen LogP contribution in [0.25, 0.3) is 0 Å². The molecular formula is C12H24F3NO2. The fourth-order valence-electron chi connectivity index (χ4n) is 1.24. The van der Waals surface area contributed by atoms with E-state index in [9.17, 15) is 13.2 Å². The van der Waals surface area contributed by atoms with Gasteiger partial charge < -0.3 is 14.8 Å². The number of alkyl halides is 3. The third kappa shape index (κ3) is 15.7. The van der Waals surface area contributed by atoms with Crippen LogP contribution in [0.4, 0.5) is 13.2 Å². The third-order valence-corrected chi connectivity index (χ3v) is 2.24. The summed E-state index contributed by atoms with van der Waals surface area (Å²) in [5.74, 6) is 0. The highest BCUT2D eigenvalue weighted by Gasteiger charge is 2.25. The van der Waals surface area contributed by atoms with Crippen LogP contribution in [0.1, 0.15) is 32.6 Å². The molecule has 0 aliphatic rings. The van der Waals surface area contributed by atoms with Crippen molar-refractivity contribution in [1.82, 2.24) is 5.32 Å². The van der Waals surface area contributed by atoms with E-state index in [-0.39, 0.29) is 13.0 Å². The molecule has 110 valence electrons. The number of unbranched alkanes of at least 4 members (excludes halogenated alkanes) is 1. The Balaban J connectivity index is 2.99. The van der Waals surface area contributed by atoms with Gasteiger partial charge in [-0.1, -0.05) is 13.3 Å². The minimum Gasteiger partial charge on any atom is -0.380 e. The molecule has 0 atom stereocenters. The second-order valence-electron chi connectivity index (χ2n) is 4.05. The summed E-state index contributed by atoms with van der Waals surface area (Å²) in [7, 11) is 0. The Morgan fingerprint density at radius 3 is 1.94 bits per heavy atom. The summed E-state index contributed by atoms with van der Waals surface area (Å²) in [4.78, 5) is 0. The number of halogens is 3. The number of rotatable bonds is 12. The van der Waals surface area contributed by atoms with Crippen molar-refractivity contribution >= 4 is 0 Å². The lowest BCUT2D eigenvalue weighted by atomic mass is 10.3. The molecule has 0 spiro atoms. The Labute approximate surface area is 107 Å². The molecule has 0 fully saturated rings. The highest BCUT2D eigenvalue weighted by atomic mass is 19.4. The summed E-state index contributed by atoms with van der Waals surface area (Å²) >= 11 is 0. The third-order valence-electron chi connectivity index (χ3n) is 2.24. The molecule has 0 heterocycles. The van der Waals surface area contributed by atoms with Crippen molar-refractivity contribution in [3.8, 4) is 0 Å². The summed E-state index contributed by atoms with van der Waals surface area (Å²) in [6.07, 6.45) is -2.62. The Hall–Kier alpha value is -0.330. The van der Waals surface area contributed by atoms with Crippen molar-refractivity contribution in [3.05, 3.63) is 0 Å². The van der Waals surface area contributed by atoms with Gasteiger partial charge in [0.15, 0.2) is 0 Å². The highest BCUT2D eigenvalue weighted by molar-refractivity contribution is 4.50. The first-order valence-electron chi connectivity index (χ1n) is 6.49. The first-order chi connectivity index (χ1) is 8.56. The monoisotopic (exact) mass is 271 g/mol. The lowest BCUT2D eigenvalue weighted by Crippen LogP contribution is -2.24. The Bertz CT molecular complexity index is 177. The lowest BCUT2D eigenvalue weighted by molar-refractivity contribution is -0.137. The van der Waals surface area contributed by atoms with E-state index in [2.05, 4.69) is 12.2 Å². The molecule has 0 saturated carbocycles. The fraction of sp³-hybridized carbons (Fsp3) is 1.00. The van der Waals surface area contributed by atoms with Crippen LogP contribution in [0, 0.1) is 0 Å². The molecule has 1 N–H and O–H groups in total. The maximum absolute atomic E-state index is 11.8. The van der Waals surface area contributed by atoms with E-state index in [1.165, 1.54) is 0 Å². The zero-order chi connectivity index (χ0) is 13.7. The molecule has 0 unspecified atom stereocenters. The van der Waals surface area contributed by atoms with E-state index < -0.39 is 12.6 Å². The van der Waals surface area contributed by atoms with Crippen LogP contribution < -0.4 is 5.32 Å². The summed E-state index contributed by atoms with van der Waals surface area (Å²) in [6.45, 7) is 5.54. The molecule has 0 bridgehead atoms. The van der Waals surface area contributed by atoms with E-state index in [4.69, 9.17) is 9.47 Å². The molecule has 0 aliphatic carbocycles. The fourth-order valence-corrected chi connectivity index (χ4v) is 1.24. The summed E-state index contributed by atoms with van der Waals surface area (Å²) in [5.41, 5.74) is 0. The topological polar surface area (TPSA) is 30.5 Å². The van der Waals surface area contributed by atoms with Crippen molar-refractivity contribution in [2.45, 2.75) is 38.8 Å². The molecule has 3 nitrogen and oxygen atoms in total. The maximum Gasteiger partial charge on any atom is 0.389 e. The first-order valence-corrected chi connectivity index (χ1v) is 6.49. The van der Waals surface area contributed by atoms with Gasteiger partial charge in [0.05, 0.1) is 13.2 Å². The smallest absolute Gasteiger partial charge is 0.380 e. The quantitative estimate of drug-likeness (QED) is 0.554. The number of hydrogen-bond acceptors (Lipinski definition) is 3. The largest absolute Gasteiger partial charge is 0.389 e. The van der Waals surface area contributed by atoms with Crippen LogP contribution in [0.3, 0.4) is 0 Å². The van der Waals surface area contributed by atoms with Crippen molar-refractivity contribution < 1.29 is 22.6 Å². The van der Waals surface area contributed by atoms with Gasteiger partial charge in [-0.2, -0.15) is 13.2 Å². The molecule has 18 heavy (non-hydrogen) atoms. The van der Waals surface area contributed by atoms with Crippen LogP contribution in [-0.2, 0) is 9.47 Å². The molecule has 0 aliphatic heterocycles. The maximum atomic E-state index is 11.8. The second-order valence-corrected chi connectivity index (χ2v) is 4.05. The van der Waals surface area contributed by atoms with Gasteiger partial charge in [0.1, 0.15) is 0 Å². The van der Waals surface area contributed by atoms with Gasteiger partial charge >= 0.3 is 6.18 Å². The molecular weight excluding hydrogens is 247 g/mol. The predicted molar refractivity (Wildman–Crippen MR) is 64.7 cm³/mol. The zero-order valence-electron chi connectivity index (χ0n) is 11.0. The molecule has 0 aromatic rings. The van der Waals surface area contributed by atoms with Gasteiger partial charge in [0.2, 0.25) is 0 Å². The molecule has 0 saturated heterocycles. The zero-order valence-corrected chi connectivity index (χ0v) is 11.0. The number of nitrogens with one attached hydrogen (secondary N) is 1. The summed E-state index contributed by atoms with van der Waals surface area (Å²) < 4.78 is 45.7. The van der Waals surface area contributed by atoms with Crippen molar-refractivity contribution in [2.75, 3.05) is 39.5 Å². The second kappa shape index (κ2) is 11.7. The summed E-state index contributed by atoms with van der Waals surface area (Å²) in [6, 6.07) is 0. The van der Waals surface area contributed by atoms with Gasteiger partial charge in [0.25, 0.3) is 0 Å². The van der Waals surface area contributed by atoms with Gasteiger partial charge in [-0.05, 0) is 12.8 Å². The minimum atomic E-state index is -4.07. The van der Waals surface area contributed by atoms with Crippen molar-refractivity contribution in [2.24, 2.45) is 0 Å². The number of ether oxygens (including phenoxy) is 2. The normalized spacial score (nSPS) is 12.0. The average Bonchev–Trinajstić information content (AvgIpc) is 2.29. The Morgan fingerprint density at radius 2 is 1.44 bits per heavy atom. The Kier molecular flexibility index (Phi) is 11.5. The van der Waals surface area contributed by atoms with E-state index in [0.717, 1.165) is 26.0 Å². The standard InChI is InChI=1S/C12H24F3NO2/c1-2-3-8-17-10-6-16-7-11-18-9-4-5-12(13,14)15/h16H,2-11H2,1H3. The van der Waals surface area contributed by atoms with Crippen LogP contribution in [0.2, 0.25) is 0 Å². The lowest BCUT2D eigenvalue weighted by Gasteiger charge is -2.08. The van der Waals surface area contributed by atoms with Gasteiger partial charge in [-0.3, -0.25) is 0 Å². The van der Waals surface area contributed by atoms with Crippen LogP contribution >= 0.6 is 0 Å². The number of hydrogen-bond donors (Lipinski definition) is 1. The molecule has 0 rings (SSSR count). The SMILES string of the molecule is CCCCOCCNCCOCCCC(F)(F)F. The predicted octanol–water partition coefficient (Wildman–Crippen LogP) is 2.75. The molecule has 0 amide bonds. The first kappa shape index (κ1) is 17.7. The molecule has 6 heteroatoms. The average molecular weight is 271 g/mol. The van der Waals surface area contributed by atoms with Crippen LogP contribution in [-0.4, -0.2) is 45.7 Å². The van der Waals surface area contributed by atoms with Crippen LogP contribution in [0.5, 0.6) is 0 Å². The van der Waals surface area contributed by atoms with E-state index in [1.54, 1.807) is 0 Å². The van der Waals surface area contributed by atoms with Crippen LogP contribution in [0.15, 0.2) is 0 Å². The van der Waals surface area contributed by atoms with Crippen molar-refractivity contribution in [1.29, 1.82) is 0 Å². The van der Waals surface area contributed by atoms with E-state index in [1.807, 2.05) is 0 Å². The summed E-state index contributed by atoms with van der Waals surface area (Å²) in [5, 5.41) is 3.10. The molecule has 0 radical (unpaired) electrons. The van der Waals surface area contributed by atoms with Gasteiger partial charge in [-0.25, -0.2) is 0 Å².